The number of aliphatic hydroxyl groups is 1. The number of nitrogens with one attached hydrogen (secondary N) is 1. The molecule has 0 radical (unpaired) electrons. The standard InChI is InChI=1S/C5H9N3O3/c1-5(11)2-3(9)7-4(10)8(5)6/h11H,2,6H2,1H3,(H,7,9,10). The van der Waals surface area contributed by atoms with Crippen LogP contribution in [0.5, 0.6) is 0 Å². The number of hydrogen-bond acceptors (Lipinski definition) is 4. The van der Waals surface area contributed by atoms with Crippen molar-refractivity contribution in [2.45, 2.75) is 19.1 Å². The summed E-state index contributed by atoms with van der Waals surface area (Å²) in [5, 5.41) is 11.8. The van der Waals surface area contributed by atoms with Gasteiger partial charge >= 0.3 is 6.03 Å². The summed E-state index contributed by atoms with van der Waals surface area (Å²) in [4.78, 5) is 21.4. The highest BCUT2D eigenvalue weighted by Crippen LogP contribution is 2.15. The van der Waals surface area contributed by atoms with Crippen molar-refractivity contribution in [3.8, 4) is 0 Å². The zero-order chi connectivity index (χ0) is 8.65. The molecule has 1 saturated heterocycles. The molecule has 0 spiro atoms. The van der Waals surface area contributed by atoms with Crippen LogP contribution in [0.4, 0.5) is 4.79 Å². The molecule has 0 aromatic carbocycles. The average Bonchev–Trinajstić information content (AvgIpc) is 1.81. The van der Waals surface area contributed by atoms with E-state index in [1.807, 2.05) is 5.32 Å². The van der Waals surface area contributed by atoms with E-state index in [2.05, 4.69) is 0 Å². The van der Waals surface area contributed by atoms with Gasteiger partial charge in [0.25, 0.3) is 0 Å². The van der Waals surface area contributed by atoms with Crippen molar-refractivity contribution in [2.24, 2.45) is 5.84 Å². The molecule has 6 nitrogen and oxygen atoms in total. The molecule has 4 N–H and O–H groups in total. The normalized spacial score (nSPS) is 32.1. The number of imide groups is 1. The van der Waals surface area contributed by atoms with Gasteiger partial charge in [0.15, 0.2) is 5.72 Å². The van der Waals surface area contributed by atoms with Gasteiger partial charge in [-0.1, -0.05) is 0 Å². The molecule has 1 aliphatic heterocycles. The quantitative estimate of drug-likeness (QED) is 0.296. The highest BCUT2D eigenvalue weighted by atomic mass is 16.3. The fourth-order valence-electron chi connectivity index (χ4n) is 0.832. The van der Waals surface area contributed by atoms with E-state index >= 15 is 0 Å². The first-order valence-electron chi connectivity index (χ1n) is 3.04. The molecule has 0 aliphatic carbocycles. The van der Waals surface area contributed by atoms with Crippen LogP contribution in [0, 0.1) is 0 Å². The van der Waals surface area contributed by atoms with Crippen LogP contribution < -0.4 is 11.2 Å². The van der Waals surface area contributed by atoms with E-state index in [0.29, 0.717) is 5.01 Å². The molecule has 1 atom stereocenters. The predicted octanol–water partition coefficient (Wildman–Crippen LogP) is -1.49. The number of nitrogens with two attached hydrogens (primary N) is 1. The van der Waals surface area contributed by atoms with E-state index in [-0.39, 0.29) is 6.42 Å². The highest BCUT2D eigenvalue weighted by molar-refractivity contribution is 5.97. The molecule has 1 rings (SSSR count). The summed E-state index contributed by atoms with van der Waals surface area (Å²) in [6.45, 7) is 1.30. The summed E-state index contributed by atoms with van der Waals surface area (Å²) < 4.78 is 0. The maximum absolute atomic E-state index is 10.7. The molecule has 1 fully saturated rings. The predicted molar refractivity (Wildman–Crippen MR) is 34.8 cm³/mol. The SMILES string of the molecule is CC1(O)CC(=O)NC(=O)N1N. The molecular formula is C5H9N3O3. The van der Waals surface area contributed by atoms with Crippen LogP contribution >= 0.6 is 0 Å². The number of amides is 3. The Kier molecular flexibility index (Phi) is 1.57. The van der Waals surface area contributed by atoms with Gasteiger partial charge in [-0.15, -0.1) is 0 Å². The van der Waals surface area contributed by atoms with Crippen LogP contribution in [-0.2, 0) is 4.79 Å². The average molecular weight is 159 g/mol. The molecule has 62 valence electrons. The minimum atomic E-state index is -1.57. The second-order valence-electron chi connectivity index (χ2n) is 2.62. The number of rotatable bonds is 0. The number of nitrogens with zero attached hydrogens (tertiary/aromatic N) is 1. The minimum absolute atomic E-state index is 0.199. The van der Waals surface area contributed by atoms with Crippen LogP contribution in [0.1, 0.15) is 13.3 Å². The molecule has 0 aromatic rings. The molecule has 6 heteroatoms. The minimum Gasteiger partial charge on any atom is -0.369 e. The Hall–Kier alpha value is -1.14. The summed E-state index contributed by atoms with van der Waals surface area (Å²) in [5.41, 5.74) is -1.57. The first kappa shape index (κ1) is 7.96. The Balaban J connectivity index is 2.83. The van der Waals surface area contributed by atoms with Crippen LogP contribution in [-0.4, -0.2) is 27.8 Å². The van der Waals surface area contributed by atoms with Crippen molar-refractivity contribution in [3.63, 3.8) is 0 Å². The fourth-order valence-corrected chi connectivity index (χ4v) is 0.832. The number of hydrazine groups is 1. The largest absolute Gasteiger partial charge is 0.369 e. The third-order valence-electron chi connectivity index (χ3n) is 1.48. The second kappa shape index (κ2) is 2.18. The molecule has 1 unspecified atom stereocenters. The van der Waals surface area contributed by atoms with E-state index in [0.717, 1.165) is 0 Å². The van der Waals surface area contributed by atoms with E-state index in [1.165, 1.54) is 6.92 Å². The lowest BCUT2D eigenvalue weighted by atomic mass is 10.1. The smallest absolute Gasteiger partial charge is 0.340 e. The van der Waals surface area contributed by atoms with Crippen molar-refractivity contribution in [3.05, 3.63) is 0 Å². The third-order valence-corrected chi connectivity index (χ3v) is 1.48. The van der Waals surface area contributed by atoms with Gasteiger partial charge in [-0.05, 0) is 6.92 Å². The van der Waals surface area contributed by atoms with Gasteiger partial charge < -0.3 is 5.11 Å². The first-order chi connectivity index (χ1) is 4.93. The van der Waals surface area contributed by atoms with Crippen LogP contribution in [0.25, 0.3) is 0 Å². The molecule has 1 aliphatic rings. The first-order valence-corrected chi connectivity index (χ1v) is 3.04. The molecular weight excluding hydrogens is 150 g/mol. The van der Waals surface area contributed by atoms with E-state index < -0.39 is 17.7 Å². The van der Waals surface area contributed by atoms with Crippen molar-refractivity contribution in [1.82, 2.24) is 10.3 Å². The topological polar surface area (TPSA) is 95.7 Å². The summed E-state index contributed by atoms with van der Waals surface area (Å²) in [7, 11) is 0. The Morgan fingerprint density at radius 3 is 2.73 bits per heavy atom. The van der Waals surface area contributed by atoms with Crippen LogP contribution in [0.3, 0.4) is 0 Å². The molecule has 0 saturated carbocycles. The fraction of sp³-hybridized carbons (Fsp3) is 0.600. The number of carbonyl (C=O) groups excluding carboxylic acids is 2. The molecule has 0 bridgehead atoms. The monoisotopic (exact) mass is 159 g/mol. The molecule has 3 amide bonds. The van der Waals surface area contributed by atoms with E-state index in [1.54, 1.807) is 0 Å². The third kappa shape index (κ3) is 1.31. The van der Waals surface area contributed by atoms with Gasteiger partial charge in [0.05, 0.1) is 6.42 Å². The lowest BCUT2D eigenvalue weighted by molar-refractivity contribution is -0.139. The van der Waals surface area contributed by atoms with Gasteiger partial charge in [0, 0.05) is 0 Å². The van der Waals surface area contributed by atoms with Gasteiger partial charge in [-0.3, -0.25) is 10.1 Å². The highest BCUT2D eigenvalue weighted by Gasteiger charge is 2.38. The molecule has 11 heavy (non-hydrogen) atoms. The van der Waals surface area contributed by atoms with Gasteiger partial charge in [0.2, 0.25) is 5.91 Å². The van der Waals surface area contributed by atoms with E-state index in [9.17, 15) is 14.7 Å². The van der Waals surface area contributed by atoms with Crippen molar-refractivity contribution >= 4 is 11.9 Å². The molecule has 0 aromatic heterocycles. The summed E-state index contributed by atoms with van der Waals surface area (Å²) in [5.74, 6) is 4.61. The van der Waals surface area contributed by atoms with Gasteiger partial charge in [0.1, 0.15) is 0 Å². The van der Waals surface area contributed by atoms with Crippen molar-refractivity contribution in [1.29, 1.82) is 0 Å². The Morgan fingerprint density at radius 2 is 2.27 bits per heavy atom. The zero-order valence-corrected chi connectivity index (χ0v) is 6.00. The van der Waals surface area contributed by atoms with Crippen LogP contribution in [0.15, 0.2) is 0 Å². The Labute approximate surface area is 62.9 Å². The van der Waals surface area contributed by atoms with Gasteiger partial charge in [-0.2, -0.15) is 0 Å². The van der Waals surface area contributed by atoms with Crippen molar-refractivity contribution in [2.75, 3.05) is 0 Å². The summed E-state index contributed by atoms with van der Waals surface area (Å²) >= 11 is 0. The second-order valence-corrected chi connectivity index (χ2v) is 2.62. The lowest BCUT2D eigenvalue weighted by Crippen LogP contribution is -2.64. The summed E-state index contributed by atoms with van der Waals surface area (Å²) in [6.07, 6.45) is -0.199. The van der Waals surface area contributed by atoms with Crippen molar-refractivity contribution < 1.29 is 14.7 Å². The number of hydrogen-bond donors (Lipinski definition) is 3. The molecule has 1 heterocycles. The maximum atomic E-state index is 10.7. The summed E-state index contributed by atoms with van der Waals surface area (Å²) in [6, 6.07) is -0.786. The van der Waals surface area contributed by atoms with E-state index in [4.69, 9.17) is 5.84 Å². The van der Waals surface area contributed by atoms with Crippen LogP contribution in [0.2, 0.25) is 0 Å². The maximum Gasteiger partial charge on any atom is 0.340 e. The zero-order valence-electron chi connectivity index (χ0n) is 6.00. The number of urea groups is 1. The lowest BCUT2D eigenvalue weighted by Gasteiger charge is -2.35. The Bertz CT molecular complexity index is 213. The number of carbonyl (C=O) groups is 2. The van der Waals surface area contributed by atoms with Gasteiger partial charge in [-0.25, -0.2) is 15.6 Å². The Morgan fingerprint density at radius 1 is 1.73 bits per heavy atom.